The maximum absolute atomic E-state index is 12.6. The molecule has 2 aromatic rings. The summed E-state index contributed by atoms with van der Waals surface area (Å²) in [5.74, 6) is 1.21. The molecule has 0 aromatic heterocycles. The van der Waals surface area contributed by atoms with Gasteiger partial charge in [-0.15, -0.1) is 0 Å². The van der Waals surface area contributed by atoms with Crippen molar-refractivity contribution >= 4 is 11.6 Å². The summed E-state index contributed by atoms with van der Waals surface area (Å²) in [5.41, 5.74) is 1.91. The quantitative estimate of drug-likeness (QED) is 0.846. The summed E-state index contributed by atoms with van der Waals surface area (Å²) >= 11 is 0. The number of aromatic hydroxyl groups is 1. The number of phenolic OH excluding ortho intramolecular Hbond substituents is 1. The first kappa shape index (κ1) is 19.0. The van der Waals surface area contributed by atoms with Gasteiger partial charge in [0.05, 0.1) is 19.3 Å². The number of para-hydroxylation sites is 2. The van der Waals surface area contributed by atoms with E-state index in [1.807, 2.05) is 49.5 Å². The van der Waals surface area contributed by atoms with E-state index in [1.54, 1.807) is 18.1 Å². The predicted octanol–water partition coefficient (Wildman–Crippen LogP) is 2.18. The molecule has 1 N–H and O–H groups in total. The summed E-state index contributed by atoms with van der Waals surface area (Å²) in [6, 6.07) is 15.2. The minimum Gasteiger partial charge on any atom is -0.506 e. The Bertz CT molecular complexity index is 773. The predicted molar refractivity (Wildman–Crippen MR) is 106 cm³/mol. The van der Waals surface area contributed by atoms with Gasteiger partial charge in [0.2, 0.25) is 5.91 Å². The van der Waals surface area contributed by atoms with E-state index in [2.05, 4.69) is 9.80 Å². The van der Waals surface area contributed by atoms with Gasteiger partial charge in [-0.25, -0.2) is 0 Å². The number of carbonyl (C=O) groups is 1. The van der Waals surface area contributed by atoms with Crippen LogP contribution in [0, 0.1) is 0 Å². The molecule has 1 saturated heterocycles. The van der Waals surface area contributed by atoms with E-state index < -0.39 is 0 Å². The lowest BCUT2D eigenvalue weighted by molar-refractivity contribution is -0.131. The Morgan fingerprint density at radius 2 is 1.85 bits per heavy atom. The van der Waals surface area contributed by atoms with E-state index in [9.17, 15) is 9.90 Å². The first-order valence-electron chi connectivity index (χ1n) is 9.19. The fraction of sp³-hybridized carbons (Fsp3) is 0.381. The van der Waals surface area contributed by atoms with Crippen LogP contribution in [0.2, 0.25) is 0 Å². The summed E-state index contributed by atoms with van der Waals surface area (Å²) in [5, 5.41) is 10.00. The second-order valence-corrected chi connectivity index (χ2v) is 6.85. The van der Waals surface area contributed by atoms with Crippen molar-refractivity contribution in [3.8, 4) is 11.5 Å². The van der Waals surface area contributed by atoms with E-state index in [-0.39, 0.29) is 5.91 Å². The number of anilines is 1. The Balaban J connectivity index is 1.49. The molecule has 0 aliphatic carbocycles. The molecular formula is C21H27N3O3. The molecule has 0 saturated carbocycles. The monoisotopic (exact) mass is 369 g/mol. The van der Waals surface area contributed by atoms with Crippen molar-refractivity contribution in [2.45, 2.75) is 6.54 Å². The summed E-state index contributed by atoms with van der Waals surface area (Å²) in [6.45, 7) is 4.16. The highest BCUT2D eigenvalue weighted by atomic mass is 16.5. The molecule has 1 fully saturated rings. The molecule has 2 aromatic carbocycles. The molecule has 0 unspecified atom stereocenters. The Labute approximate surface area is 160 Å². The zero-order valence-electron chi connectivity index (χ0n) is 16.0. The third-order valence-corrected chi connectivity index (χ3v) is 4.93. The maximum atomic E-state index is 12.6. The molecular weight excluding hydrogens is 342 g/mol. The van der Waals surface area contributed by atoms with E-state index in [1.165, 1.54) is 0 Å². The summed E-state index contributed by atoms with van der Waals surface area (Å²) < 4.78 is 5.24. The van der Waals surface area contributed by atoms with Crippen molar-refractivity contribution in [3.05, 3.63) is 54.1 Å². The molecule has 6 nitrogen and oxygen atoms in total. The van der Waals surface area contributed by atoms with Crippen molar-refractivity contribution in [2.75, 3.05) is 51.8 Å². The molecule has 144 valence electrons. The average Bonchev–Trinajstić information content (AvgIpc) is 2.69. The first-order chi connectivity index (χ1) is 13.1. The molecule has 0 bridgehead atoms. The van der Waals surface area contributed by atoms with Gasteiger partial charge in [0, 0.05) is 39.8 Å². The van der Waals surface area contributed by atoms with Gasteiger partial charge < -0.3 is 19.6 Å². The standard InChI is InChI=1S/C21H27N3O3/c1-22(15-17-6-5-7-18(14-17)27-2)21(26)16-23-10-12-24(13-11-23)19-8-3-4-9-20(19)25/h3-9,14,25H,10-13,15-16H2,1-2H3. The number of benzene rings is 2. The number of nitrogens with zero attached hydrogens (tertiary/aromatic N) is 3. The van der Waals surface area contributed by atoms with Crippen molar-refractivity contribution in [2.24, 2.45) is 0 Å². The zero-order chi connectivity index (χ0) is 19.2. The Kier molecular flexibility index (Phi) is 6.19. The van der Waals surface area contributed by atoms with Gasteiger partial charge in [0.25, 0.3) is 0 Å². The smallest absolute Gasteiger partial charge is 0.236 e. The highest BCUT2D eigenvalue weighted by Gasteiger charge is 2.22. The Morgan fingerprint density at radius 1 is 1.11 bits per heavy atom. The Morgan fingerprint density at radius 3 is 2.56 bits per heavy atom. The number of carbonyl (C=O) groups excluding carboxylic acids is 1. The second-order valence-electron chi connectivity index (χ2n) is 6.85. The normalized spacial score (nSPS) is 14.8. The lowest BCUT2D eigenvalue weighted by Crippen LogP contribution is -2.49. The average molecular weight is 369 g/mol. The van der Waals surface area contributed by atoms with E-state index >= 15 is 0 Å². The number of likely N-dealkylation sites (N-methyl/N-ethyl adjacent to an activating group) is 1. The van der Waals surface area contributed by atoms with Crippen LogP contribution >= 0.6 is 0 Å². The molecule has 0 radical (unpaired) electrons. The topological polar surface area (TPSA) is 56.2 Å². The van der Waals surface area contributed by atoms with Gasteiger partial charge in [-0.1, -0.05) is 24.3 Å². The Hall–Kier alpha value is -2.73. The number of rotatable bonds is 6. The molecule has 1 amide bonds. The van der Waals surface area contributed by atoms with Crippen LogP contribution in [0.5, 0.6) is 11.5 Å². The van der Waals surface area contributed by atoms with Crippen LogP contribution in [0.3, 0.4) is 0 Å². The minimum absolute atomic E-state index is 0.105. The highest BCUT2D eigenvalue weighted by molar-refractivity contribution is 5.78. The van der Waals surface area contributed by atoms with Crippen molar-refractivity contribution in [3.63, 3.8) is 0 Å². The van der Waals surface area contributed by atoms with Crippen LogP contribution in [-0.2, 0) is 11.3 Å². The maximum Gasteiger partial charge on any atom is 0.236 e. The lowest BCUT2D eigenvalue weighted by atomic mass is 10.2. The molecule has 0 spiro atoms. The van der Waals surface area contributed by atoms with Crippen molar-refractivity contribution in [1.82, 2.24) is 9.80 Å². The number of phenols is 1. The molecule has 6 heteroatoms. The molecule has 1 heterocycles. The van der Waals surface area contributed by atoms with Gasteiger partial charge in [0.15, 0.2) is 0 Å². The van der Waals surface area contributed by atoms with Crippen LogP contribution in [0.15, 0.2) is 48.5 Å². The lowest BCUT2D eigenvalue weighted by Gasteiger charge is -2.36. The van der Waals surface area contributed by atoms with Crippen molar-refractivity contribution < 1.29 is 14.6 Å². The number of ether oxygens (including phenoxy) is 1. The van der Waals surface area contributed by atoms with Crippen LogP contribution in [0.1, 0.15) is 5.56 Å². The van der Waals surface area contributed by atoms with E-state index in [0.29, 0.717) is 18.8 Å². The van der Waals surface area contributed by atoms with Crippen LogP contribution in [0.25, 0.3) is 0 Å². The number of piperazine rings is 1. The largest absolute Gasteiger partial charge is 0.506 e. The third-order valence-electron chi connectivity index (χ3n) is 4.93. The number of methoxy groups -OCH3 is 1. The van der Waals surface area contributed by atoms with Crippen molar-refractivity contribution in [1.29, 1.82) is 0 Å². The number of hydrogen-bond acceptors (Lipinski definition) is 5. The minimum atomic E-state index is 0.105. The molecule has 1 aliphatic rings. The van der Waals surface area contributed by atoms with Gasteiger partial charge in [0.1, 0.15) is 11.5 Å². The fourth-order valence-electron chi connectivity index (χ4n) is 3.32. The number of hydrogen-bond donors (Lipinski definition) is 1. The summed E-state index contributed by atoms with van der Waals surface area (Å²) in [4.78, 5) is 18.7. The second kappa shape index (κ2) is 8.77. The molecule has 0 atom stereocenters. The molecule has 1 aliphatic heterocycles. The highest BCUT2D eigenvalue weighted by Crippen LogP contribution is 2.27. The van der Waals surface area contributed by atoms with Gasteiger partial charge >= 0.3 is 0 Å². The van der Waals surface area contributed by atoms with Crippen LogP contribution in [0.4, 0.5) is 5.69 Å². The van der Waals surface area contributed by atoms with E-state index in [0.717, 1.165) is 43.2 Å². The number of amides is 1. The molecule has 3 rings (SSSR count). The first-order valence-corrected chi connectivity index (χ1v) is 9.19. The van der Waals surface area contributed by atoms with Gasteiger partial charge in [-0.2, -0.15) is 0 Å². The van der Waals surface area contributed by atoms with Gasteiger partial charge in [-0.05, 0) is 29.8 Å². The molecule has 27 heavy (non-hydrogen) atoms. The van der Waals surface area contributed by atoms with Crippen LogP contribution < -0.4 is 9.64 Å². The zero-order valence-corrected chi connectivity index (χ0v) is 16.0. The van der Waals surface area contributed by atoms with Crippen LogP contribution in [-0.4, -0.2) is 67.7 Å². The van der Waals surface area contributed by atoms with Gasteiger partial charge in [-0.3, -0.25) is 9.69 Å². The summed E-state index contributed by atoms with van der Waals surface area (Å²) in [6.07, 6.45) is 0. The summed E-state index contributed by atoms with van der Waals surface area (Å²) in [7, 11) is 3.48. The fourth-order valence-corrected chi connectivity index (χ4v) is 3.32. The SMILES string of the molecule is COc1cccc(CN(C)C(=O)CN2CCN(c3ccccc3O)CC2)c1. The van der Waals surface area contributed by atoms with E-state index in [4.69, 9.17) is 4.74 Å². The third kappa shape index (κ3) is 4.92.